The van der Waals surface area contributed by atoms with Gasteiger partial charge in [-0.1, -0.05) is 55.8 Å². The number of nitrogens with one attached hydrogen (secondary N) is 1. The number of amides is 2. The third kappa shape index (κ3) is 7.41. The molecule has 7 nitrogen and oxygen atoms in total. The molecule has 0 saturated heterocycles. The van der Waals surface area contributed by atoms with Gasteiger partial charge in [0.2, 0.25) is 11.8 Å². The fourth-order valence-electron chi connectivity index (χ4n) is 4.08. The Morgan fingerprint density at radius 3 is 2.15 bits per heavy atom. The van der Waals surface area contributed by atoms with Crippen molar-refractivity contribution in [1.29, 1.82) is 0 Å². The van der Waals surface area contributed by atoms with E-state index in [-0.39, 0.29) is 23.5 Å². The minimum atomic E-state index is -4.37. The van der Waals surface area contributed by atoms with Gasteiger partial charge in [0.25, 0.3) is 10.0 Å². The number of rotatable bonds is 12. The lowest BCUT2D eigenvalue weighted by atomic mass is 10.1. The van der Waals surface area contributed by atoms with E-state index < -0.39 is 46.1 Å². The van der Waals surface area contributed by atoms with Gasteiger partial charge in [0.1, 0.15) is 24.2 Å². The first-order valence-corrected chi connectivity index (χ1v) is 14.2. The average molecular weight is 558 g/mol. The van der Waals surface area contributed by atoms with E-state index in [2.05, 4.69) is 5.32 Å². The minimum Gasteiger partial charge on any atom is -0.354 e. The second-order valence-electron chi connectivity index (χ2n) is 9.14. The van der Waals surface area contributed by atoms with Crippen LogP contribution in [-0.4, -0.2) is 44.3 Å². The molecule has 0 spiro atoms. The smallest absolute Gasteiger partial charge is 0.264 e. The third-order valence-electron chi connectivity index (χ3n) is 6.21. The lowest BCUT2D eigenvalue weighted by Crippen LogP contribution is -2.52. The maximum absolute atomic E-state index is 14.9. The van der Waals surface area contributed by atoms with E-state index in [0.717, 1.165) is 15.9 Å². The van der Waals surface area contributed by atoms with E-state index in [1.54, 1.807) is 26.0 Å². The minimum absolute atomic E-state index is 0.0765. The molecule has 0 unspecified atom stereocenters. The Balaban J connectivity index is 2.05. The Bertz CT molecular complexity index is 1380. The molecule has 3 aromatic rings. The number of carbonyl (C=O) groups excluding carboxylic acids is 2. The van der Waals surface area contributed by atoms with Gasteiger partial charge < -0.3 is 10.2 Å². The summed E-state index contributed by atoms with van der Waals surface area (Å²) in [5.41, 5.74) is 1.08. The summed E-state index contributed by atoms with van der Waals surface area (Å²) in [4.78, 5) is 28.0. The van der Waals surface area contributed by atoms with Crippen molar-refractivity contribution >= 4 is 27.5 Å². The van der Waals surface area contributed by atoms with Crippen LogP contribution in [0.4, 0.5) is 14.5 Å². The highest BCUT2D eigenvalue weighted by Gasteiger charge is 2.34. The molecule has 0 radical (unpaired) electrons. The SMILES string of the molecule is CCCNC(=O)[C@@H](CC)N(Cc1ccc(F)cc1)C(=O)CN(c1ccccc1F)S(=O)(=O)c1ccc(C)cc1. The van der Waals surface area contributed by atoms with Crippen LogP contribution >= 0.6 is 0 Å². The fraction of sp³-hybridized carbons (Fsp3) is 0.310. The van der Waals surface area contributed by atoms with Crippen molar-refractivity contribution in [2.45, 2.75) is 51.1 Å². The summed E-state index contributed by atoms with van der Waals surface area (Å²) in [5.74, 6) is -2.39. The Kier molecular flexibility index (Phi) is 10.2. The van der Waals surface area contributed by atoms with Crippen LogP contribution in [0.2, 0.25) is 0 Å². The van der Waals surface area contributed by atoms with Gasteiger partial charge in [0.15, 0.2) is 0 Å². The van der Waals surface area contributed by atoms with Crippen molar-refractivity contribution in [3.8, 4) is 0 Å². The van der Waals surface area contributed by atoms with Gasteiger partial charge in [-0.15, -0.1) is 0 Å². The summed E-state index contributed by atoms with van der Waals surface area (Å²) in [5, 5.41) is 2.78. The molecule has 0 saturated carbocycles. The van der Waals surface area contributed by atoms with E-state index in [0.29, 0.717) is 18.5 Å². The molecule has 0 aliphatic carbocycles. The zero-order chi connectivity index (χ0) is 28.6. The number of nitrogens with zero attached hydrogens (tertiary/aromatic N) is 2. The summed E-state index contributed by atoms with van der Waals surface area (Å²) < 4.78 is 56.7. The number of hydrogen-bond donors (Lipinski definition) is 1. The number of aryl methyl sites for hydroxylation is 1. The van der Waals surface area contributed by atoms with Gasteiger partial charge in [0, 0.05) is 13.1 Å². The number of para-hydroxylation sites is 1. The van der Waals surface area contributed by atoms with Crippen LogP contribution in [0.3, 0.4) is 0 Å². The molecule has 0 heterocycles. The molecule has 0 aromatic heterocycles. The van der Waals surface area contributed by atoms with Crippen molar-refractivity contribution in [2.24, 2.45) is 0 Å². The number of anilines is 1. The summed E-state index contributed by atoms with van der Waals surface area (Å²) >= 11 is 0. The van der Waals surface area contributed by atoms with Gasteiger partial charge in [-0.2, -0.15) is 0 Å². The Hall–Kier alpha value is -3.79. The molecular formula is C29H33F2N3O4S. The maximum atomic E-state index is 14.9. The van der Waals surface area contributed by atoms with Gasteiger partial charge in [-0.25, -0.2) is 17.2 Å². The fourth-order valence-corrected chi connectivity index (χ4v) is 5.50. The molecule has 1 atom stereocenters. The van der Waals surface area contributed by atoms with E-state index in [1.165, 1.54) is 59.5 Å². The summed E-state index contributed by atoms with van der Waals surface area (Å²) in [7, 11) is -4.37. The molecule has 0 aliphatic rings. The lowest BCUT2D eigenvalue weighted by molar-refractivity contribution is -0.140. The topological polar surface area (TPSA) is 86.8 Å². The Labute approximate surface area is 228 Å². The highest BCUT2D eigenvalue weighted by atomic mass is 32.2. The van der Waals surface area contributed by atoms with Crippen LogP contribution in [0.5, 0.6) is 0 Å². The standard InChI is InChI=1S/C29H33F2N3O4S/c1-4-18-32-29(36)26(5-2)33(19-22-12-14-23(30)15-13-22)28(35)20-34(27-9-7-6-8-25(27)31)39(37,38)24-16-10-21(3)11-17-24/h6-17,26H,4-5,18-20H2,1-3H3,(H,32,36)/t26-/m1/s1. The highest BCUT2D eigenvalue weighted by molar-refractivity contribution is 7.92. The maximum Gasteiger partial charge on any atom is 0.264 e. The van der Waals surface area contributed by atoms with Crippen LogP contribution < -0.4 is 9.62 Å². The third-order valence-corrected chi connectivity index (χ3v) is 7.98. The molecule has 208 valence electrons. The monoisotopic (exact) mass is 557 g/mol. The zero-order valence-electron chi connectivity index (χ0n) is 22.2. The quantitative estimate of drug-likeness (QED) is 0.347. The van der Waals surface area contributed by atoms with Crippen LogP contribution in [0, 0.1) is 18.6 Å². The molecule has 0 aliphatic heterocycles. The van der Waals surface area contributed by atoms with Crippen LogP contribution in [0.15, 0.2) is 77.7 Å². The zero-order valence-corrected chi connectivity index (χ0v) is 23.0. The molecular weight excluding hydrogens is 524 g/mol. The van der Waals surface area contributed by atoms with Crippen LogP contribution in [-0.2, 0) is 26.2 Å². The molecule has 2 amide bonds. The van der Waals surface area contributed by atoms with Crippen molar-refractivity contribution in [1.82, 2.24) is 10.2 Å². The Morgan fingerprint density at radius 2 is 1.56 bits per heavy atom. The second-order valence-corrected chi connectivity index (χ2v) is 11.0. The molecule has 10 heteroatoms. The van der Waals surface area contributed by atoms with Gasteiger partial charge in [0.05, 0.1) is 10.6 Å². The van der Waals surface area contributed by atoms with Crippen molar-refractivity contribution in [2.75, 3.05) is 17.4 Å². The summed E-state index contributed by atoms with van der Waals surface area (Å²) in [6.45, 7) is 5.00. The van der Waals surface area contributed by atoms with Crippen molar-refractivity contribution in [3.63, 3.8) is 0 Å². The first-order valence-electron chi connectivity index (χ1n) is 12.7. The van der Waals surface area contributed by atoms with Crippen molar-refractivity contribution in [3.05, 3.63) is 95.6 Å². The number of sulfonamides is 1. The molecule has 3 rings (SSSR count). The van der Waals surface area contributed by atoms with Gasteiger partial charge >= 0.3 is 0 Å². The Morgan fingerprint density at radius 1 is 0.923 bits per heavy atom. The number of benzene rings is 3. The molecule has 3 aromatic carbocycles. The molecule has 1 N–H and O–H groups in total. The van der Waals surface area contributed by atoms with E-state index in [1.807, 2.05) is 6.92 Å². The predicted octanol–water partition coefficient (Wildman–Crippen LogP) is 4.80. The van der Waals surface area contributed by atoms with Crippen LogP contribution in [0.25, 0.3) is 0 Å². The average Bonchev–Trinajstić information content (AvgIpc) is 2.92. The van der Waals surface area contributed by atoms with E-state index in [4.69, 9.17) is 0 Å². The number of carbonyl (C=O) groups is 2. The van der Waals surface area contributed by atoms with Crippen LogP contribution in [0.1, 0.15) is 37.8 Å². The lowest BCUT2D eigenvalue weighted by Gasteiger charge is -2.33. The summed E-state index contributed by atoms with van der Waals surface area (Å²) in [6, 6.07) is 15.8. The molecule has 39 heavy (non-hydrogen) atoms. The highest BCUT2D eigenvalue weighted by Crippen LogP contribution is 2.27. The van der Waals surface area contributed by atoms with E-state index >= 15 is 0 Å². The van der Waals surface area contributed by atoms with Crippen molar-refractivity contribution < 1.29 is 26.8 Å². The van der Waals surface area contributed by atoms with Gasteiger partial charge in [-0.05, 0) is 61.7 Å². The first kappa shape index (κ1) is 29.8. The van der Waals surface area contributed by atoms with Gasteiger partial charge in [-0.3, -0.25) is 13.9 Å². The normalized spacial score (nSPS) is 12.0. The molecule has 0 fully saturated rings. The summed E-state index contributed by atoms with van der Waals surface area (Å²) in [6.07, 6.45) is 0.927. The van der Waals surface area contributed by atoms with E-state index in [9.17, 15) is 26.8 Å². The predicted molar refractivity (Wildman–Crippen MR) is 146 cm³/mol. The number of halogens is 2. The first-order chi connectivity index (χ1) is 18.6. The largest absolute Gasteiger partial charge is 0.354 e. The number of hydrogen-bond acceptors (Lipinski definition) is 4. The second kappa shape index (κ2) is 13.3. The molecule has 0 bridgehead atoms.